The Morgan fingerprint density at radius 2 is 1.83 bits per heavy atom. The first-order chi connectivity index (χ1) is 14.3. The van der Waals surface area contributed by atoms with Gasteiger partial charge in [0.05, 0.1) is 22.9 Å². The van der Waals surface area contributed by atoms with Crippen molar-refractivity contribution in [1.82, 2.24) is 4.98 Å². The number of hydrogen-bond acceptors (Lipinski definition) is 5. The van der Waals surface area contributed by atoms with Crippen LogP contribution in [0.5, 0.6) is 11.5 Å². The normalized spacial score (nSPS) is 11.2. The van der Waals surface area contributed by atoms with Crippen LogP contribution < -0.4 is 9.47 Å². The van der Waals surface area contributed by atoms with Crippen molar-refractivity contribution >= 4 is 33.2 Å². The first kappa shape index (κ1) is 18.7. The zero-order chi connectivity index (χ0) is 20.1. The molecule has 4 nitrogen and oxygen atoms in total. The van der Waals surface area contributed by atoms with Gasteiger partial charge < -0.3 is 9.47 Å². The van der Waals surface area contributed by atoms with Crippen molar-refractivity contribution in [1.29, 1.82) is 5.26 Å². The van der Waals surface area contributed by atoms with Crippen LogP contribution in [-0.4, -0.2) is 12.1 Å². The summed E-state index contributed by atoms with van der Waals surface area (Å²) >= 11 is 1.51. The molecule has 0 saturated carbocycles. The third-order valence-corrected chi connectivity index (χ3v) is 5.45. The van der Waals surface area contributed by atoms with Gasteiger partial charge in [-0.15, -0.1) is 11.3 Å². The SMILES string of the molecule is COc1ccc(C=C(C#N)c2nc3ccccc3s2)cc1OCc1ccccc1. The molecule has 0 atom stereocenters. The number of nitriles is 1. The van der Waals surface area contributed by atoms with E-state index in [4.69, 9.17) is 9.47 Å². The topological polar surface area (TPSA) is 55.1 Å². The smallest absolute Gasteiger partial charge is 0.162 e. The Labute approximate surface area is 173 Å². The molecule has 0 aliphatic carbocycles. The standard InChI is InChI=1S/C24H18N2O2S/c1-27-21-12-11-18(14-22(21)28-16-17-7-3-2-4-8-17)13-19(15-25)24-26-20-9-5-6-10-23(20)29-24/h2-14H,16H2,1H3. The van der Waals surface area contributed by atoms with E-state index in [0.717, 1.165) is 21.3 Å². The predicted molar refractivity (Wildman–Crippen MR) is 117 cm³/mol. The van der Waals surface area contributed by atoms with Gasteiger partial charge in [0.15, 0.2) is 11.5 Å². The quantitative estimate of drug-likeness (QED) is 0.377. The Bertz CT molecular complexity index is 1170. The summed E-state index contributed by atoms with van der Waals surface area (Å²) in [6.45, 7) is 0.438. The maximum absolute atomic E-state index is 9.68. The Hall–Kier alpha value is -3.62. The van der Waals surface area contributed by atoms with E-state index in [1.807, 2.05) is 78.9 Å². The second kappa shape index (κ2) is 8.59. The van der Waals surface area contributed by atoms with Crippen LogP contribution in [-0.2, 0) is 6.61 Å². The molecule has 29 heavy (non-hydrogen) atoms. The van der Waals surface area contributed by atoms with Crippen LogP contribution in [0.3, 0.4) is 0 Å². The number of aromatic nitrogens is 1. The van der Waals surface area contributed by atoms with Gasteiger partial charge in [0.1, 0.15) is 17.7 Å². The molecule has 1 heterocycles. The van der Waals surface area contributed by atoms with Crippen LogP contribution in [0.25, 0.3) is 21.9 Å². The summed E-state index contributed by atoms with van der Waals surface area (Å²) in [7, 11) is 1.61. The van der Waals surface area contributed by atoms with Gasteiger partial charge in [0.25, 0.3) is 0 Å². The van der Waals surface area contributed by atoms with Crippen molar-refractivity contribution in [3.63, 3.8) is 0 Å². The van der Waals surface area contributed by atoms with Crippen molar-refractivity contribution in [3.05, 3.63) is 88.9 Å². The molecule has 5 heteroatoms. The Balaban J connectivity index is 1.63. The van der Waals surface area contributed by atoms with Crippen LogP contribution >= 0.6 is 11.3 Å². The lowest BCUT2D eigenvalue weighted by molar-refractivity contribution is 0.284. The first-order valence-corrected chi connectivity index (χ1v) is 9.91. The number of rotatable bonds is 6. The summed E-state index contributed by atoms with van der Waals surface area (Å²) in [5.41, 5.74) is 3.34. The maximum Gasteiger partial charge on any atom is 0.162 e. The molecule has 1 aromatic heterocycles. The molecule has 4 rings (SSSR count). The van der Waals surface area contributed by atoms with Crippen LogP contribution in [0.4, 0.5) is 0 Å². The third-order valence-electron chi connectivity index (χ3n) is 4.38. The number of benzene rings is 3. The molecule has 0 aliphatic heterocycles. The minimum Gasteiger partial charge on any atom is -0.493 e. The average Bonchev–Trinajstić information content (AvgIpc) is 3.21. The van der Waals surface area contributed by atoms with Gasteiger partial charge in [0.2, 0.25) is 0 Å². The highest BCUT2D eigenvalue weighted by Crippen LogP contribution is 2.32. The zero-order valence-corrected chi connectivity index (χ0v) is 16.6. The van der Waals surface area contributed by atoms with E-state index in [0.29, 0.717) is 28.7 Å². The summed E-state index contributed by atoms with van der Waals surface area (Å²) in [6, 6.07) is 25.7. The van der Waals surface area contributed by atoms with Crippen molar-refractivity contribution < 1.29 is 9.47 Å². The molecule has 4 aromatic rings. The zero-order valence-electron chi connectivity index (χ0n) is 15.8. The molecular weight excluding hydrogens is 380 g/mol. The summed E-state index contributed by atoms with van der Waals surface area (Å²) in [5.74, 6) is 1.28. The van der Waals surface area contributed by atoms with E-state index in [9.17, 15) is 5.26 Å². The third kappa shape index (κ3) is 4.29. The first-order valence-electron chi connectivity index (χ1n) is 9.09. The van der Waals surface area contributed by atoms with E-state index in [-0.39, 0.29) is 0 Å². The average molecular weight is 398 g/mol. The number of allylic oxidation sites excluding steroid dienone is 1. The van der Waals surface area contributed by atoms with Crippen molar-refractivity contribution in [2.75, 3.05) is 7.11 Å². The van der Waals surface area contributed by atoms with Gasteiger partial charge >= 0.3 is 0 Å². The fourth-order valence-electron chi connectivity index (χ4n) is 2.93. The van der Waals surface area contributed by atoms with Crippen LogP contribution in [0.15, 0.2) is 72.8 Å². The van der Waals surface area contributed by atoms with Gasteiger partial charge in [0, 0.05) is 0 Å². The highest BCUT2D eigenvalue weighted by Gasteiger charge is 2.10. The molecule has 0 N–H and O–H groups in total. The molecule has 0 amide bonds. The van der Waals surface area contributed by atoms with Crippen LogP contribution in [0.2, 0.25) is 0 Å². The molecule has 3 aromatic carbocycles. The molecule has 0 fully saturated rings. The van der Waals surface area contributed by atoms with Gasteiger partial charge in [-0.25, -0.2) is 4.98 Å². The number of thiazole rings is 1. The maximum atomic E-state index is 9.68. The number of hydrogen-bond donors (Lipinski definition) is 0. The van der Waals surface area contributed by atoms with E-state index in [2.05, 4.69) is 11.1 Å². The minimum atomic E-state index is 0.438. The lowest BCUT2D eigenvalue weighted by Crippen LogP contribution is -1.98. The van der Waals surface area contributed by atoms with Gasteiger partial charge in [-0.05, 0) is 41.5 Å². The van der Waals surface area contributed by atoms with E-state index < -0.39 is 0 Å². The van der Waals surface area contributed by atoms with Crippen molar-refractivity contribution in [2.45, 2.75) is 6.61 Å². The monoisotopic (exact) mass is 398 g/mol. The summed E-state index contributed by atoms with van der Waals surface area (Å²) in [6.07, 6.45) is 1.83. The molecule has 0 aliphatic rings. The van der Waals surface area contributed by atoms with E-state index >= 15 is 0 Å². The summed E-state index contributed by atoms with van der Waals surface area (Å²) in [5, 5.41) is 10.4. The van der Waals surface area contributed by atoms with Crippen molar-refractivity contribution in [3.8, 4) is 17.6 Å². The fraction of sp³-hybridized carbons (Fsp3) is 0.0833. The highest BCUT2D eigenvalue weighted by molar-refractivity contribution is 7.19. The Morgan fingerprint density at radius 1 is 1.03 bits per heavy atom. The molecular formula is C24H18N2O2S. The van der Waals surface area contributed by atoms with Crippen LogP contribution in [0.1, 0.15) is 16.1 Å². The number of para-hydroxylation sites is 1. The summed E-state index contributed by atoms with van der Waals surface area (Å²) in [4.78, 5) is 4.58. The van der Waals surface area contributed by atoms with Gasteiger partial charge in [-0.2, -0.15) is 5.26 Å². The van der Waals surface area contributed by atoms with E-state index in [1.165, 1.54) is 11.3 Å². The Morgan fingerprint density at radius 3 is 2.59 bits per heavy atom. The highest BCUT2D eigenvalue weighted by atomic mass is 32.1. The molecule has 0 radical (unpaired) electrons. The second-order valence-corrected chi connectivity index (χ2v) is 7.37. The lowest BCUT2D eigenvalue weighted by Gasteiger charge is -2.11. The Kier molecular flexibility index (Phi) is 5.55. The number of nitrogens with zero attached hydrogens (tertiary/aromatic N) is 2. The van der Waals surface area contributed by atoms with Gasteiger partial charge in [-0.3, -0.25) is 0 Å². The predicted octanol–water partition coefficient (Wildman–Crippen LogP) is 5.95. The molecule has 142 valence electrons. The molecule has 0 unspecified atom stereocenters. The molecule has 0 saturated heterocycles. The number of ether oxygens (including phenoxy) is 2. The molecule has 0 spiro atoms. The fourth-order valence-corrected chi connectivity index (χ4v) is 3.86. The number of methoxy groups -OCH3 is 1. The molecule has 0 bridgehead atoms. The minimum absolute atomic E-state index is 0.438. The summed E-state index contributed by atoms with van der Waals surface area (Å²) < 4.78 is 12.5. The van der Waals surface area contributed by atoms with E-state index in [1.54, 1.807) is 7.11 Å². The van der Waals surface area contributed by atoms with Gasteiger partial charge in [-0.1, -0.05) is 48.5 Å². The van der Waals surface area contributed by atoms with Crippen molar-refractivity contribution in [2.24, 2.45) is 0 Å². The second-order valence-electron chi connectivity index (χ2n) is 6.34. The number of fused-ring (bicyclic) bond motifs is 1. The largest absolute Gasteiger partial charge is 0.493 e. The van der Waals surface area contributed by atoms with Crippen LogP contribution in [0, 0.1) is 11.3 Å². The lowest BCUT2D eigenvalue weighted by atomic mass is 10.1.